The first-order valence-electron chi connectivity index (χ1n) is 5.84. The van der Waals surface area contributed by atoms with Gasteiger partial charge in [-0.3, -0.25) is 14.9 Å². The summed E-state index contributed by atoms with van der Waals surface area (Å²) < 4.78 is 4.69. The number of ketones is 1. The fourth-order valence-electron chi connectivity index (χ4n) is 1.48. The topological polar surface area (TPSA) is 55.4 Å². The molecule has 0 bridgehead atoms. The van der Waals surface area contributed by atoms with Crippen LogP contribution in [-0.4, -0.2) is 31.4 Å². The van der Waals surface area contributed by atoms with Crippen molar-refractivity contribution in [3.8, 4) is 0 Å². The molecule has 0 aliphatic heterocycles. The summed E-state index contributed by atoms with van der Waals surface area (Å²) >= 11 is 0. The van der Waals surface area contributed by atoms with E-state index in [-0.39, 0.29) is 24.3 Å². The first-order chi connectivity index (χ1) is 7.51. The Hall–Kier alpha value is -0.900. The molecule has 0 saturated carbocycles. The van der Waals surface area contributed by atoms with Crippen LogP contribution in [0.1, 0.15) is 40.0 Å². The highest BCUT2D eigenvalue weighted by atomic mass is 16.5. The normalized spacial score (nSPS) is 12.6. The number of Topliss-reactive ketones (excluding diaryl/α,β-unsaturated/α-hetero) is 1. The Morgan fingerprint density at radius 2 is 1.94 bits per heavy atom. The molecule has 0 aromatic heterocycles. The van der Waals surface area contributed by atoms with Gasteiger partial charge >= 0.3 is 5.97 Å². The molecule has 94 valence electrons. The summed E-state index contributed by atoms with van der Waals surface area (Å²) in [5, 5.41) is 2.96. The van der Waals surface area contributed by atoms with Gasteiger partial charge < -0.3 is 4.74 Å². The number of methoxy groups -OCH3 is 1. The fourth-order valence-corrected chi connectivity index (χ4v) is 1.48. The Morgan fingerprint density at radius 1 is 1.31 bits per heavy atom. The number of carbonyl (C=O) groups is 2. The monoisotopic (exact) mass is 229 g/mol. The van der Waals surface area contributed by atoms with Gasteiger partial charge in [0.15, 0.2) is 0 Å². The molecule has 1 N–H and O–H groups in total. The van der Waals surface area contributed by atoms with Crippen molar-refractivity contribution in [3.05, 3.63) is 0 Å². The van der Waals surface area contributed by atoms with Gasteiger partial charge in [0.25, 0.3) is 0 Å². The smallest absolute Gasteiger partial charge is 0.322 e. The van der Waals surface area contributed by atoms with Crippen molar-refractivity contribution in [1.82, 2.24) is 5.32 Å². The van der Waals surface area contributed by atoms with E-state index in [0.717, 1.165) is 6.42 Å². The van der Waals surface area contributed by atoms with Crippen molar-refractivity contribution >= 4 is 11.8 Å². The zero-order valence-electron chi connectivity index (χ0n) is 10.7. The van der Waals surface area contributed by atoms with Crippen molar-refractivity contribution in [3.63, 3.8) is 0 Å². The van der Waals surface area contributed by atoms with Crippen LogP contribution in [0.2, 0.25) is 0 Å². The molecule has 0 rings (SSSR count). The average molecular weight is 229 g/mol. The van der Waals surface area contributed by atoms with Gasteiger partial charge in [-0.25, -0.2) is 0 Å². The molecule has 0 spiro atoms. The second-order valence-electron chi connectivity index (χ2n) is 4.37. The maximum atomic E-state index is 11.4. The highest BCUT2D eigenvalue weighted by molar-refractivity contribution is 5.82. The molecule has 0 aromatic rings. The largest absolute Gasteiger partial charge is 0.468 e. The molecule has 16 heavy (non-hydrogen) atoms. The average Bonchev–Trinajstić information content (AvgIpc) is 2.23. The summed E-state index contributed by atoms with van der Waals surface area (Å²) in [4.78, 5) is 22.8. The Kier molecular flexibility index (Phi) is 7.81. The molecule has 0 aliphatic rings. The predicted octanol–water partition coefficient (Wildman–Crippen LogP) is 1.53. The summed E-state index contributed by atoms with van der Waals surface area (Å²) in [6.07, 6.45) is 2.09. The number of rotatable bonds is 8. The maximum Gasteiger partial charge on any atom is 0.322 e. The first kappa shape index (κ1) is 15.1. The second kappa shape index (κ2) is 8.28. The van der Waals surface area contributed by atoms with Crippen LogP contribution in [0.15, 0.2) is 0 Å². The summed E-state index contributed by atoms with van der Waals surface area (Å²) in [7, 11) is 1.37. The highest BCUT2D eigenvalue weighted by Gasteiger charge is 2.20. The molecule has 0 radical (unpaired) electrons. The summed E-state index contributed by atoms with van der Waals surface area (Å²) in [5.74, 6) is 0.232. The van der Waals surface area contributed by atoms with Gasteiger partial charge in [-0.05, 0) is 18.8 Å². The quantitative estimate of drug-likeness (QED) is 0.641. The van der Waals surface area contributed by atoms with E-state index in [9.17, 15) is 9.59 Å². The standard InChI is InChI=1S/C12H23NO3/c1-5-6-10(14)8-13-11(7-9(2)3)12(15)16-4/h9,11,13H,5-8H2,1-4H3. The van der Waals surface area contributed by atoms with E-state index in [1.54, 1.807) is 0 Å². The molecular formula is C12H23NO3. The van der Waals surface area contributed by atoms with E-state index in [0.29, 0.717) is 18.8 Å². The number of esters is 1. The molecular weight excluding hydrogens is 206 g/mol. The zero-order valence-corrected chi connectivity index (χ0v) is 10.7. The van der Waals surface area contributed by atoms with Crippen molar-refractivity contribution in [2.75, 3.05) is 13.7 Å². The van der Waals surface area contributed by atoms with Crippen LogP contribution in [0, 0.1) is 5.92 Å². The third-order valence-electron chi connectivity index (χ3n) is 2.27. The lowest BCUT2D eigenvalue weighted by Crippen LogP contribution is -2.41. The minimum atomic E-state index is -0.370. The molecule has 0 saturated heterocycles. The van der Waals surface area contributed by atoms with Crippen LogP contribution in [0.25, 0.3) is 0 Å². The van der Waals surface area contributed by atoms with Gasteiger partial charge in [0, 0.05) is 6.42 Å². The van der Waals surface area contributed by atoms with Gasteiger partial charge in [-0.15, -0.1) is 0 Å². The van der Waals surface area contributed by atoms with Crippen molar-refractivity contribution in [2.45, 2.75) is 46.1 Å². The van der Waals surface area contributed by atoms with Crippen molar-refractivity contribution in [1.29, 1.82) is 0 Å². The Morgan fingerprint density at radius 3 is 2.38 bits per heavy atom. The number of hydrogen-bond acceptors (Lipinski definition) is 4. The minimum absolute atomic E-state index is 0.139. The lowest BCUT2D eigenvalue weighted by atomic mass is 10.0. The highest BCUT2D eigenvalue weighted by Crippen LogP contribution is 2.06. The first-order valence-corrected chi connectivity index (χ1v) is 5.84. The number of ether oxygens (including phenoxy) is 1. The molecule has 4 nitrogen and oxygen atoms in total. The molecule has 4 heteroatoms. The lowest BCUT2D eigenvalue weighted by molar-refractivity contribution is -0.143. The summed E-state index contributed by atoms with van der Waals surface area (Å²) in [5.41, 5.74) is 0. The van der Waals surface area contributed by atoms with Crippen LogP contribution in [0.5, 0.6) is 0 Å². The van der Waals surface area contributed by atoms with Gasteiger partial charge in [-0.1, -0.05) is 20.8 Å². The predicted molar refractivity (Wildman–Crippen MR) is 63.2 cm³/mol. The van der Waals surface area contributed by atoms with E-state index in [1.165, 1.54) is 7.11 Å². The van der Waals surface area contributed by atoms with Crippen molar-refractivity contribution < 1.29 is 14.3 Å². The molecule has 0 heterocycles. The van der Waals surface area contributed by atoms with Crippen LogP contribution in [-0.2, 0) is 14.3 Å². The van der Waals surface area contributed by atoms with Crippen LogP contribution < -0.4 is 5.32 Å². The fraction of sp³-hybridized carbons (Fsp3) is 0.833. The van der Waals surface area contributed by atoms with E-state index in [1.807, 2.05) is 20.8 Å². The molecule has 0 amide bonds. The Balaban J connectivity index is 4.11. The zero-order chi connectivity index (χ0) is 12.6. The van der Waals surface area contributed by atoms with Crippen LogP contribution in [0.3, 0.4) is 0 Å². The lowest BCUT2D eigenvalue weighted by Gasteiger charge is -2.17. The maximum absolute atomic E-state index is 11.4. The molecule has 1 atom stereocenters. The second-order valence-corrected chi connectivity index (χ2v) is 4.37. The van der Waals surface area contributed by atoms with Gasteiger partial charge in [-0.2, -0.15) is 0 Å². The summed E-state index contributed by atoms with van der Waals surface area (Å²) in [6, 6.07) is -0.370. The van der Waals surface area contributed by atoms with Crippen LogP contribution in [0.4, 0.5) is 0 Å². The van der Waals surface area contributed by atoms with E-state index >= 15 is 0 Å². The van der Waals surface area contributed by atoms with E-state index in [4.69, 9.17) is 4.74 Å². The Bertz CT molecular complexity index is 226. The van der Waals surface area contributed by atoms with Crippen LogP contribution >= 0.6 is 0 Å². The Labute approximate surface area is 97.7 Å². The van der Waals surface area contributed by atoms with Gasteiger partial charge in [0.05, 0.1) is 13.7 Å². The minimum Gasteiger partial charge on any atom is -0.468 e. The summed E-state index contributed by atoms with van der Waals surface area (Å²) in [6.45, 7) is 6.28. The third kappa shape index (κ3) is 6.56. The van der Waals surface area contributed by atoms with Crippen molar-refractivity contribution in [2.24, 2.45) is 5.92 Å². The number of carbonyl (C=O) groups excluding carboxylic acids is 2. The number of hydrogen-bond donors (Lipinski definition) is 1. The van der Waals surface area contributed by atoms with E-state index in [2.05, 4.69) is 5.32 Å². The SMILES string of the molecule is CCCC(=O)CNC(CC(C)C)C(=O)OC. The van der Waals surface area contributed by atoms with Gasteiger partial charge in [0.1, 0.15) is 11.8 Å². The molecule has 1 unspecified atom stereocenters. The van der Waals surface area contributed by atoms with Gasteiger partial charge in [0.2, 0.25) is 0 Å². The number of nitrogens with one attached hydrogen (secondary N) is 1. The third-order valence-corrected chi connectivity index (χ3v) is 2.27. The molecule has 0 aliphatic carbocycles. The van der Waals surface area contributed by atoms with E-state index < -0.39 is 0 Å². The molecule has 0 aromatic carbocycles. The molecule has 0 fully saturated rings.